The molecule has 0 unspecified atom stereocenters. The van der Waals surface area contributed by atoms with Crippen LogP contribution in [0.15, 0.2) is 116 Å². The zero-order chi connectivity index (χ0) is 23.6. The topological polar surface area (TPSA) is 16.1 Å². The zero-order valence-corrected chi connectivity index (χ0v) is 19.9. The Balaban J connectivity index is 1.58. The lowest BCUT2D eigenvalue weighted by Gasteiger charge is -2.47. The molecule has 0 radical (unpaired) electrons. The Labute approximate surface area is 207 Å². The van der Waals surface area contributed by atoms with Gasteiger partial charge in [-0.25, -0.2) is 0 Å². The Morgan fingerprint density at radius 1 is 0.657 bits per heavy atom. The van der Waals surface area contributed by atoms with Gasteiger partial charge in [-0.15, -0.1) is 0 Å². The third-order valence-corrected chi connectivity index (χ3v) is 7.80. The number of aromatic nitrogens is 1. The molecule has 4 aromatic carbocycles. The molecule has 0 aliphatic carbocycles. The van der Waals surface area contributed by atoms with Gasteiger partial charge in [0.2, 0.25) is 6.71 Å². The number of rotatable bonds is 2. The minimum Gasteiger partial charge on any atom is -0.311 e. The van der Waals surface area contributed by atoms with Crippen LogP contribution >= 0.6 is 0 Å². The van der Waals surface area contributed by atoms with Crippen molar-refractivity contribution in [1.29, 1.82) is 0 Å². The summed E-state index contributed by atoms with van der Waals surface area (Å²) in [5, 5.41) is 0. The van der Waals surface area contributed by atoms with E-state index in [2.05, 4.69) is 121 Å². The van der Waals surface area contributed by atoms with Crippen LogP contribution in [0.4, 0.5) is 17.1 Å². The molecule has 0 amide bonds. The molecule has 0 saturated heterocycles. The van der Waals surface area contributed by atoms with Crippen LogP contribution in [-0.4, -0.2) is 11.7 Å². The fraction of sp³-hybridized carbons (Fsp3) is 0.0938. The molecule has 0 spiro atoms. The van der Waals surface area contributed by atoms with E-state index >= 15 is 0 Å². The highest BCUT2D eigenvalue weighted by Crippen LogP contribution is 2.52. The highest BCUT2D eigenvalue weighted by atomic mass is 15.2. The molecule has 2 nitrogen and oxygen atoms in total. The van der Waals surface area contributed by atoms with Crippen LogP contribution in [0.25, 0.3) is 11.1 Å². The molecule has 0 N–H and O–H groups in total. The lowest BCUT2D eigenvalue weighted by molar-refractivity contribution is 0.632. The number of anilines is 3. The van der Waals surface area contributed by atoms with Gasteiger partial charge in [-0.3, -0.25) is 4.98 Å². The summed E-state index contributed by atoms with van der Waals surface area (Å²) in [6.45, 7) is 4.90. The fourth-order valence-corrected chi connectivity index (χ4v) is 6.13. The molecular formula is C32H25BN2. The van der Waals surface area contributed by atoms with Crippen molar-refractivity contribution in [1.82, 2.24) is 4.98 Å². The molecule has 3 heterocycles. The molecule has 3 heteroatoms. The summed E-state index contributed by atoms with van der Waals surface area (Å²) < 4.78 is 0. The molecule has 0 bridgehead atoms. The molecule has 0 fully saturated rings. The van der Waals surface area contributed by atoms with Gasteiger partial charge in [-0.2, -0.15) is 0 Å². The van der Waals surface area contributed by atoms with E-state index in [0.717, 1.165) is 5.56 Å². The summed E-state index contributed by atoms with van der Waals surface area (Å²) in [5.74, 6) is 0. The first-order valence-corrected chi connectivity index (χ1v) is 12.3. The first-order chi connectivity index (χ1) is 17.1. The van der Waals surface area contributed by atoms with Gasteiger partial charge in [0.25, 0.3) is 0 Å². The predicted octanol–water partition coefficient (Wildman–Crippen LogP) is 5.69. The Bertz CT molecular complexity index is 1570. The van der Waals surface area contributed by atoms with Crippen molar-refractivity contribution in [2.75, 3.05) is 4.90 Å². The minimum atomic E-state index is -0.0852. The van der Waals surface area contributed by atoms with Crippen LogP contribution in [0.1, 0.15) is 25.0 Å². The van der Waals surface area contributed by atoms with Gasteiger partial charge in [0.05, 0.1) is 5.69 Å². The second kappa shape index (κ2) is 7.45. The van der Waals surface area contributed by atoms with Gasteiger partial charge < -0.3 is 4.90 Å². The molecule has 0 saturated carbocycles. The largest absolute Gasteiger partial charge is 0.311 e. The third kappa shape index (κ3) is 2.88. The summed E-state index contributed by atoms with van der Waals surface area (Å²) in [5.41, 5.74) is 12.9. The molecule has 0 atom stereocenters. The predicted molar refractivity (Wildman–Crippen MR) is 148 cm³/mol. The summed E-state index contributed by atoms with van der Waals surface area (Å²) in [4.78, 5) is 6.89. The summed E-state index contributed by atoms with van der Waals surface area (Å²) in [6.07, 6.45) is 3.78. The van der Waals surface area contributed by atoms with Gasteiger partial charge in [0, 0.05) is 34.7 Å². The van der Waals surface area contributed by atoms with Crippen LogP contribution in [0.3, 0.4) is 0 Å². The Kier molecular flexibility index (Phi) is 4.32. The molecule has 1 aromatic heterocycles. The lowest BCUT2D eigenvalue weighted by atomic mass is 9.34. The third-order valence-electron chi connectivity index (χ3n) is 7.80. The van der Waals surface area contributed by atoms with E-state index in [9.17, 15) is 0 Å². The lowest BCUT2D eigenvalue weighted by Crippen LogP contribution is -2.58. The SMILES string of the molecule is CC1(C)c2ccccc2N2c3cc(-c4cccnc4)ccc3B(c3ccccc3)c3cccc1c32. The highest BCUT2D eigenvalue weighted by molar-refractivity contribution is 6.98. The monoisotopic (exact) mass is 448 g/mol. The average Bonchev–Trinajstić information content (AvgIpc) is 2.91. The Morgan fingerprint density at radius 3 is 2.29 bits per heavy atom. The van der Waals surface area contributed by atoms with E-state index in [-0.39, 0.29) is 12.1 Å². The molecule has 7 rings (SSSR count). The maximum absolute atomic E-state index is 4.38. The maximum Gasteiger partial charge on any atom is 0.246 e. The summed E-state index contributed by atoms with van der Waals surface area (Å²) >= 11 is 0. The molecule has 2 aliphatic rings. The van der Waals surface area contributed by atoms with Crippen LogP contribution in [-0.2, 0) is 5.41 Å². The second-order valence-electron chi connectivity index (χ2n) is 10.1. The van der Waals surface area contributed by atoms with E-state index in [1.807, 2.05) is 18.5 Å². The van der Waals surface area contributed by atoms with E-state index in [1.54, 1.807) is 0 Å². The van der Waals surface area contributed by atoms with Gasteiger partial charge in [0.15, 0.2) is 0 Å². The van der Waals surface area contributed by atoms with Crippen LogP contribution in [0, 0.1) is 0 Å². The van der Waals surface area contributed by atoms with Crippen molar-refractivity contribution >= 4 is 40.2 Å². The van der Waals surface area contributed by atoms with Crippen LogP contribution < -0.4 is 21.3 Å². The molecule has 5 aromatic rings. The summed E-state index contributed by atoms with van der Waals surface area (Å²) in [6, 6.07) is 37.8. The number of hydrogen-bond donors (Lipinski definition) is 0. The van der Waals surface area contributed by atoms with Gasteiger partial charge >= 0.3 is 0 Å². The van der Waals surface area contributed by atoms with E-state index < -0.39 is 0 Å². The number of benzene rings is 4. The Hall–Kier alpha value is -4.11. The van der Waals surface area contributed by atoms with Crippen molar-refractivity contribution in [3.8, 4) is 11.1 Å². The first-order valence-electron chi connectivity index (χ1n) is 12.3. The number of pyridine rings is 1. The van der Waals surface area contributed by atoms with Gasteiger partial charge in [-0.05, 0) is 45.8 Å². The quantitative estimate of drug-likeness (QED) is 0.317. The first kappa shape index (κ1) is 20.3. The maximum atomic E-state index is 4.38. The Morgan fingerprint density at radius 2 is 1.46 bits per heavy atom. The minimum absolute atomic E-state index is 0.0852. The van der Waals surface area contributed by atoms with Crippen LogP contribution in [0.5, 0.6) is 0 Å². The van der Waals surface area contributed by atoms with Crippen molar-refractivity contribution in [2.24, 2.45) is 0 Å². The van der Waals surface area contributed by atoms with E-state index in [0.29, 0.717) is 0 Å². The normalized spacial score (nSPS) is 14.7. The number of hydrogen-bond acceptors (Lipinski definition) is 2. The van der Waals surface area contributed by atoms with Gasteiger partial charge in [0.1, 0.15) is 0 Å². The smallest absolute Gasteiger partial charge is 0.246 e. The average molecular weight is 448 g/mol. The number of fused-ring (bicyclic) bond motifs is 4. The number of nitrogens with zero attached hydrogens (tertiary/aromatic N) is 2. The van der Waals surface area contributed by atoms with Crippen molar-refractivity contribution in [3.63, 3.8) is 0 Å². The van der Waals surface area contributed by atoms with Crippen LogP contribution in [0.2, 0.25) is 0 Å². The van der Waals surface area contributed by atoms with E-state index in [4.69, 9.17) is 0 Å². The second-order valence-corrected chi connectivity index (χ2v) is 10.1. The van der Waals surface area contributed by atoms with Crippen molar-refractivity contribution in [2.45, 2.75) is 19.3 Å². The zero-order valence-electron chi connectivity index (χ0n) is 19.9. The molecule has 35 heavy (non-hydrogen) atoms. The summed E-state index contributed by atoms with van der Waals surface area (Å²) in [7, 11) is 0. The highest BCUT2D eigenvalue weighted by Gasteiger charge is 2.44. The molecule has 2 aliphatic heterocycles. The van der Waals surface area contributed by atoms with Crippen molar-refractivity contribution < 1.29 is 0 Å². The standard InChI is InChI=1S/C32H25BN2/c1-32(2)25-13-6-7-16-29(25)35-30-20-22(23-10-9-19-34-21-23)17-18-27(30)33(24-11-4-3-5-12-24)28-15-8-14-26(32)31(28)35/h3-21H,1-2H3. The van der Waals surface area contributed by atoms with E-state index in [1.165, 1.54) is 50.1 Å². The molecule has 166 valence electrons. The number of para-hydroxylation sites is 2. The fourth-order valence-electron chi connectivity index (χ4n) is 6.13. The van der Waals surface area contributed by atoms with Gasteiger partial charge in [-0.1, -0.05) is 104 Å². The van der Waals surface area contributed by atoms with Crippen molar-refractivity contribution in [3.05, 3.63) is 127 Å². The molecular weight excluding hydrogens is 423 g/mol.